The summed E-state index contributed by atoms with van der Waals surface area (Å²) >= 11 is 0. The summed E-state index contributed by atoms with van der Waals surface area (Å²) in [6.45, 7) is 22.6. The largest absolute Gasteiger partial charge is 0.489 e. The fraction of sp³-hybridized carbons (Fsp3) is 0.921. The summed E-state index contributed by atoms with van der Waals surface area (Å²) in [5, 5.41) is 23.3. The maximum atomic E-state index is 14.1. The van der Waals surface area contributed by atoms with Crippen molar-refractivity contribution < 1.29 is 48.2 Å². The lowest BCUT2D eigenvalue weighted by molar-refractivity contribution is -0.309. The fourth-order valence-electron chi connectivity index (χ4n) is 8.88. The molecule has 0 aromatic carbocycles. The Bertz CT molecular complexity index is 1150. The van der Waals surface area contributed by atoms with Crippen LogP contribution in [0.15, 0.2) is 11.3 Å². The Kier molecular flexibility index (Phi) is 13.3. The van der Waals surface area contributed by atoms with Crippen molar-refractivity contribution >= 4 is 5.97 Å². The molecule has 3 fully saturated rings. The number of hydrogen-bond donors (Lipinski definition) is 2. The monoisotopic (exact) mass is 697 g/mol. The molecule has 2 bridgehead atoms. The number of carbonyl (C=O) groups is 1. The smallest absolute Gasteiger partial charge is 0.311 e. The third kappa shape index (κ3) is 8.67. The van der Waals surface area contributed by atoms with E-state index in [1.54, 1.807) is 7.11 Å². The van der Waals surface area contributed by atoms with E-state index in [0.29, 0.717) is 32.1 Å². The van der Waals surface area contributed by atoms with E-state index < -0.39 is 72.1 Å². The molecule has 8 unspecified atom stereocenters. The summed E-state index contributed by atoms with van der Waals surface area (Å²) < 4.78 is 45.6. The van der Waals surface area contributed by atoms with Gasteiger partial charge in [-0.25, -0.2) is 0 Å². The highest BCUT2D eigenvalue weighted by Crippen LogP contribution is 2.47. The minimum absolute atomic E-state index is 0.124. The molecule has 0 aliphatic carbocycles. The summed E-state index contributed by atoms with van der Waals surface area (Å²) in [5.74, 6) is -1.60. The highest BCUT2D eigenvalue weighted by atomic mass is 16.7. The number of rotatable bonds is 8. The summed E-state index contributed by atoms with van der Waals surface area (Å²) in [7, 11) is 3.70. The molecule has 0 saturated carbocycles. The second kappa shape index (κ2) is 16.1. The van der Waals surface area contributed by atoms with Crippen LogP contribution in [0.5, 0.6) is 0 Å². The Labute approximate surface area is 295 Å². The summed E-state index contributed by atoms with van der Waals surface area (Å²) in [5.41, 5.74) is -0.370. The van der Waals surface area contributed by atoms with Gasteiger partial charge in [-0.15, -0.1) is 0 Å². The number of fused-ring (bicyclic) bond motifs is 2. The molecule has 2 N–H and O–H groups in total. The van der Waals surface area contributed by atoms with Crippen LogP contribution in [0.4, 0.5) is 0 Å². The number of aliphatic hydroxyl groups is 2. The van der Waals surface area contributed by atoms with Gasteiger partial charge in [0.1, 0.15) is 29.7 Å². The van der Waals surface area contributed by atoms with Crippen molar-refractivity contribution in [2.45, 2.75) is 181 Å². The standard InChI is InChI=1S/C38H67NO10/c1-14-28-23(6)30(40)24(7)32-20(3)17-38(11,49-32)34(48-36-31(41)27(39(12)15-2)16-21(4)45-36)25(8)33(26(9)35(42)46-28)47-29-19-37(10,43-13)18-22(5)44-29/h21-31,33-34,36,40-41H,14-19H2,1-13H3/t21?,22?,23-,24+,25-,26+,27?,28+,29?,30-,31?,33-,34+,36?,37?,38?/m0/s1. The predicted molar refractivity (Wildman–Crippen MR) is 185 cm³/mol. The van der Waals surface area contributed by atoms with Gasteiger partial charge < -0.3 is 48.3 Å². The van der Waals surface area contributed by atoms with Crippen molar-refractivity contribution in [3.05, 3.63) is 11.3 Å². The number of hydrogen-bond acceptors (Lipinski definition) is 11. The molecular weight excluding hydrogens is 630 g/mol. The fourth-order valence-corrected chi connectivity index (χ4v) is 8.88. The average molecular weight is 698 g/mol. The van der Waals surface area contributed by atoms with Gasteiger partial charge in [0.2, 0.25) is 0 Å². The van der Waals surface area contributed by atoms with Gasteiger partial charge in [0, 0.05) is 50.2 Å². The highest BCUT2D eigenvalue weighted by molar-refractivity contribution is 5.73. The maximum absolute atomic E-state index is 14.1. The number of cyclic esters (lactones) is 1. The summed E-state index contributed by atoms with van der Waals surface area (Å²) in [6, 6.07) is -0.163. The number of esters is 1. The zero-order valence-electron chi connectivity index (χ0n) is 32.4. The third-order valence-electron chi connectivity index (χ3n) is 12.0. The minimum atomic E-state index is -0.950. The lowest BCUT2D eigenvalue weighted by atomic mass is 9.79. The van der Waals surface area contributed by atoms with Crippen LogP contribution < -0.4 is 0 Å². The van der Waals surface area contributed by atoms with Gasteiger partial charge in [0.25, 0.3) is 0 Å². The van der Waals surface area contributed by atoms with Crippen LogP contribution >= 0.6 is 0 Å². The average Bonchev–Trinajstić information content (AvgIpc) is 3.37. The minimum Gasteiger partial charge on any atom is -0.489 e. The van der Waals surface area contributed by atoms with Gasteiger partial charge in [-0.1, -0.05) is 34.6 Å². The van der Waals surface area contributed by atoms with Crippen molar-refractivity contribution in [3.8, 4) is 0 Å². The van der Waals surface area contributed by atoms with Crippen molar-refractivity contribution in [2.75, 3.05) is 20.7 Å². The van der Waals surface area contributed by atoms with Crippen LogP contribution in [-0.2, 0) is 38.0 Å². The van der Waals surface area contributed by atoms with Crippen LogP contribution in [0.1, 0.15) is 108 Å². The first kappa shape index (κ1) is 40.5. The lowest BCUT2D eigenvalue weighted by Crippen LogP contribution is -2.59. The first-order chi connectivity index (χ1) is 22.9. The molecule has 16 atom stereocenters. The van der Waals surface area contributed by atoms with Crippen molar-refractivity contribution in [3.63, 3.8) is 0 Å². The van der Waals surface area contributed by atoms with Gasteiger partial charge in [0.15, 0.2) is 12.6 Å². The Hall–Kier alpha value is -1.31. The van der Waals surface area contributed by atoms with Crippen molar-refractivity contribution in [1.82, 2.24) is 4.90 Å². The summed E-state index contributed by atoms with van der Waals surface area (Å²) in [6.07, 6.45) is -2.63. The van der Waals surface area contributed by atoms with Crippen LogP contribution in [0.3, 0.4) is 0 Å². The Morgan fingerprint density at radius 2 is 1.59 bits per heavy atom. The topological polar surface area (TPSA) is 125 Å². The molecule has 0 aromatic heterocycles. The number of likely N-dealkylation sites (N-methyl/N-ethyl adjacent to an activating group) is 1. The van der Waals surface area contributed by atoms with Gasteiger partial charge in [-0.2, -0.15) is 0 Å². The molecule has 0 radical (unpaired) electrons. The third-order valence-corrected chi connectivity index (χ3v) is 12.0. The first-order valence-electron chi connectivity index (χ1n) is 18.7. The molecule has 49 heavy (non-hydrogen) atoms. The Morgan fingerprint density at radius 1 is 0.918 bits per heavy atom. The van der Waals surface area contributed by atoms with Crippen LogP contribution in [0.2, 0.25) is 0 Å². The van der Waals surface area contributed by atoms with Crippen LogP contribution in [0.25, 0.3) is 0 Å². The molecule has 11 heteroatoms. The molecule has 4 rings (SSSR count). The van der Waals surface area contributed by atoms with E-state index in [4.69, 9.17) is 33.2 Å². The number of nitrogens with zero attached hydrogens (tertiary/aromatic N) is 1. The van der Waals surface area contributed by atoms with E-state index in [1.165, 1.54) is 0 Å². The summed E-state index contributed by atoms with van der Waals surface area (Å²) in [4.78, 5) is 16.2. The number of methoxy groups -OCH3 is 1. The SMILES string of the molecule is CC[C@H]1OC(=O)[C@H](C)[C@@H](OC2CC(C)(OC)CC(C)O2)[C@H](C)[C@@H](OC2OC(C)CC(N(C)CC)C2O)C2(C)CC(C)=C(O2)[C@H](C)[C@@H](O)[C@H]1C. The lowest BCUT2D eigenvalue weighted by Gasteiger charge is -2.48. The molecular formula is C38H67NO10. The van der Waals surface area contributed by atoms with Crippen molar-refractivity contribution in [2.24, 2.45) is 23.7 Å². The molecule has 0 spiro atoms. The number of aliphatic hydroxyl groups excluding tert-OH is 2. The van der Waals surface area contributed by atoms with E-state index in [-0.39, 0.29) is 30.1 Å². The number of ether oxygens (including phenoxy) is 7. The van der Waals surface area contributed by atoms with E-state index in [0.717, 1.165) is 17.9 Å². The quantitative estimate of drug-likeness (QED) is 0.326. The second-order valence-electron chi connectivity index (χ2n) is 16.2. The predicted octanol–water partition coefficient (Wildman–Crippen LogP) is 5.20. The molecule has 4 aliphatic heterocycles. The molecule has 284 valence electrons. The first-order valence-corrected chi connectivity index (χ1v) is 18.7. The molecule has 3 saturated heterocycles. The van der Waals surface area contributed by atoms with E-state index in [1.807, 2.05) is 69.4 Å². The van der Waals surface area contributed by atoms with E-state index in [2.05, 4.69) is 18.7 Å². The van der Waals surface area contributed by atoms with Gasteiger partial charge >= 0.3 is 5.97 Å². The molecule has 11 nitrogen and oxygen atoms in total. The molecule has 0 amide bonds. The molecule has 0 aromatic rings. The number of carbonyl (C=O) groups excluding carboxylic acids is 1. The maximum Gasteiger partial charge on any atom is 0.311 e. The normalized spacial score (nSPS) is 47.2. The second-order valence-corrected chi connectivity index (χ2v) is 16.2. The van der Waals surface area contributed by atoms with Gasteiger partial charge in [-0.05, 0) is 73.5 Å². The highest BCUT2D eigenvalue weighted by Gasteiger charge is 2.54. The van der Waals surface area contributed by atoms with Gasteiger partial charge in [0.05, 0.1) is 35.9 Å². The van der Waals surface area contributed by atoms with E-state index in [9.17, 15) is 15.0 Å². The zero-order valence-corrected chi connectivity index (χ0v) is 32.4. The van der Waals surface area contributed by atoms with E-state index >= 15 is 0 Å². The van der Waals surface area contributed by atoms with Crippen LogP contribution in [-0.4, -0.2) is 114 Å². The zero-order chi connectivity index (χ0) is 36.6. The van der Waals surface area contributed by atoms with Gasteiger partial charge in [-0.3, -0.25) is 4.79 Å². The van der Waals surface area contributed by atoms with Crippen LogP contribution in [0, 0.1) is 23.7 Å². The Balaban J connectivity index is 1.81. The molecule has 4 aliphatic rings. The molecule has 4 heterocycles. The Morgan fingerprint density at radius 3 is 2.20 bits per heavy atom. The van der Waals surface area contributed by atoms with Crippen molar-refractivity contribution in [1.29, 1.82) is 0 Å².